The van der Waals surface area contributed by atoms with Gasteiger partial charge in [0.25, 0.3) is 0 Å². The molecule has 2 aromatic carbocycles. The number of aryl methyl sites for hydroxylation is 2. The van der Waals surface area contributed by atoms with Crippen LogP contribution >= 0.6 is 0 Å². The number of hydrogen-bond donors (Lipinski definition) is 0. The van der Waals surface area contributed by atoms with Gasteiger partial charge in [-0.05, 0) is 68.7 Å². The molecular weight excluding hydrogens is 350 g/mol. The Labute approximate surface area is 166 Å². The summed E-state index contributed by atoms with van der Waals surface area (Å²) in [5.41, 5.74) is 4.40. The molecule has 1 aromatic heterocycles. The van der Waals surface area contributed by atoms with Gasteiger partial charge in [-0.15, -0.1) is 0 Å². The summed E-state index contributed by atoms with van der Waals surface area (Å²) in [6, 6.07) is 16.1. The van der Waals surface area contributed by atoms with Crippen molar-refractivity contribution in [3.63, 3.8) is 0 Å². The van der Waals surface area contributed by atoms with Gasteiger partial charge in [0.05, 0.1) is 25.2 Å². The average molecular weight is 377 g/mol. The summed E-state index contributed by atoms with van der Waals surface area (Å²) in [6.45, 7) is 7.28. The van der Waals surface area contributed by atoms with Crippen LogP contribution in [0.4, 0.5) is 0 Å². The van der Waals surface area contributed by atoms with Crippen LogP contribution in [0.15, 0.2) is 65.3 Å². The highest BCUT2D eigenvalue weighted by Crippen LogP contribution is 2.22. The number of nitrogens with zero attached hydrogens (tertiary/aromatic N) is 1. The SMILES string of the molecule is CCO/C=C\Cc1ccc(OCCc2nc(-c3ccccc3)oc2C)cc1C. The number of rotatable bonds is 9. The summed E-state index contributed by atoms with van der Waals surface area (Å²) in [4.78, 5) is 4.63. The zero-order valence-electron chi connectivity index (χ0n) is 16.8. The van der Waals surface area contributed by atoms with E-state index in [1.807, 2.05) is 56.3 Å². The Hall–Kier alpha value is -3.01. The van der Waals surface area contributed by atoms with Gasteiger partial charge >= 0.3 is 0 Å². The van der Waals surface area contributed by atoms with E-state index in [0.29, 0.717) is 25.5 Å². The normalized spacial score (nSPS) is 11.1. The first-order valence-electron chi connectivity index (χ1n) is 9.68. The number of oxazole rings is 1. The zero-order valence-corrected chi connectivity index (χ0v) is 16.8. The minimum absolute atomic E-state index is 0.560. The lowest BCUT2D eigenvalue weighted by atomic mass is 10.1. The van der Waals surface area contributed by atoms with E-state index in [2.05, 4.69) is 24.0 Å². The topological polar surface area (TPSA) is 44.5 Å². The molecule has 0 saturated heterocycles. The van der Waals surface area contributed by atoms with E-state index < -0.39 is 0 Å². The molecule has 0 atom stereocenters. The summed E-state index contributed by atoms with van der Waals surface area (Å²) in [7, 11) is 0. The Morgan fingerprint density at radius 1 is 1.07 bits per heavy atom. The van der Waals surface area contributed by atoms with E-state index in [1.54, 1.807) is 6.26 Å². The number of allylic oxidation sites excluding steroid dienone is 1. The molecule has 4 heteroatoms. The van der Waals surface area contributed by atoms with E-state index in [-0.39, 0.29) is 0 Å². The standard InChI is InChI=1S/C24H27NO3/c1-4-26-15-8-11-20-12-13-22(17-18(20)2)27-16-14-23-19(3)28-24(25-23)21-9-6-5-7-10-21/h5-10,12-13,15,17H,4,11,14,16H2,1-3H3/b15-8-. The van der Waals surface area contributed by atoms with Crippen molar-refractivity contribution < 1.29 is 13.9 Å². The molecule has 0 N–H and O–H groups in total. The molecule has 0 aliphatic carbocycles. The molecule has 0 radical (unpaired) electrons. The first kappa shape index (κ1) is 19.7. The second kappa shape index (κ2) is 9.79. The van der Waals surface area contributed by atoms with Crippen molar-refractivity contribution in [2.75, 3.05) is 13.2 Å². The Balaban J connectivity index is 1.55. The van der Waals surface area contributed by atoms with Crippen molar-refractivity contribution in [2.24, 2.45) is 0 Å². The van der Waals surface area contributed by atoms with E-state index in [1.165, 1.54) is 11.1 Å². The van der Waals surface area contributed by atoms with Crippen LogP contribution in [0, 0.1) is 13.8 Å². The Kier molecular flexibility index (Phi) is 6.90. The number of aromatic nitrogens is 1. The first-order chi connectivity index (χ1) is 13.7. The molecule has 0 fully saturated rings. The average Bonchev–Trinajstić information content (AvgIpc) is 3.08. The third-order valence-electron chi connectivity index (χ3n) is 4.53. The van der Waals surface area contributed by atoms with Gasteiger partial charge in [0.15, 0.2) is 0 Å². The fourth-order valence-electron chi connectivity index (χ4n) is 2.96. The van der Waals surface area contributed by atoms with E-state index in [4.69, 9.17) is 13.9 Å². The summed E-state index contributed by atoms with van der Waals surface area (Å²) < 4.78 is 17.0. The van der Waals surface area contributed by atoms with Crippen molar-refractivity contribution in [3.05, 3.63) is 83.5 Å². The zero-order chi connectivity index (χ0) is 19.8. The second-order valence-electron chi connectivity index (χ2n) is 6.61. The Bertz CT molecular complexity index is 913. The second-order valence-corrected chi connectivity index (χ2v) is 6.61. The van der Waals surface area contributed by atoms with Gasteiger partial charge in [-0.2, -0.15) is 0 Å². The predicted octanol–water partition coefficient (Wildman–Crippen LogP) is 5.67. The number of hydrogen-bond acceptors (Lipinski definition) is 4. The minimum Gasteiger partial charge on any atom is -0.502 e. The maximum Gasteiger partial charge on any atom is 0.226 e. The Morgan fingerprint density at radius 3 is 2.64 bits per heavy atom. The van der Waals surface area contributed by atoms with Crippen LogP contribution in [-0.2, 0) is 17.6 Å². The van der Waals surface area contributed by atoms with Crippen molar-refractivity contribution in [1.29, 1.82) is 0 Å². The van der Waals surface area contributed by atoms with E-state index >= 15 is 0 Å². The van der Waals surface area contributed by atoms with E-state index in [0.717, 1.165) is 29.2 Å². The highest BCUT2D eigenvalue weighted by atomic mass is 16.5. The molecule has 0 unspecified atom stereocenters. The fourth-order valence-corrected chi connectivity index (χ4v) is 2.96. The molecule has 0 amide bonds. The van der Waals surface area contributed by atoms with E-state index in [9.17, 15) is 0 Å². The van der Waals surface area contributed by atoms with Crippen molar-refractivity contribution in [3.8, 4) is 17.2 Å². The third-order valence-corrected chi connectivity index (χ3v) is 4.53. The Morgan fingerprint density at radius 2 is 1.89 bits per heavy atom. The highest BCUT2D eigenvalue weighted by molar-refractivity contribution is 5.53. The lowest BCUT2D eigenvalue weighted by Crippen LogP contribution is -2.03. The summed E-state index contributed by atoms with van der Waals surface area (Å²) in [6.07, 6.45) is 5.35. The molecule has 0 aliphatic heterocycles. The molecule has 3 aromatic rings. The molecule has 0 saturated carbocycles. The smallest absolute Gasteiger partial charge is 0.226 e. The van der Waals surface area contributed by atoms with Gasteiger partial charge < -0.3 is 13.9 Å². The third kappa shape index (κ3) is 5.26. The lowest BCUT2D eigenvalue weighted by Gasteiger charge is -2.09. The maximum absolute atomic E-state index is 5.93. The van der Waals surface area contributed by atoms with Gasteiger partial charge in [0, 0.05) is 12.0 Å². The van der Waals surface area contributed by atoms with Crippen LogP contribution in [0.1, 0.15) is 29.5 Å². The van der Waals surface area contributed by atoms with Crippen LogP contribution in [-0.4, -0.2) is 18.2 Å². The lowest BCUT2D eigenvalue weighted by molar-refractivity contribution is 0.268. The number of ether oxygens (including phenoxy) is 2. The molecule has 0 aliphatic rings. The molecule has 146 valence electrons. The van der Waals surface area contributed by atoms with Crippen molar-refractivity contribution in [2.45, 2.75) is 33.6 Å². The molecule has 3 rings (SSSR count). The van der Waals surface area contributed by atoms with Gasteiger partial charge in [0.1, 0.15) is 11.5 Å². The number of benzene rings is 2. The molecule has 0 bridgehead atoms. The summed E-state index contributed by atoms with van der Waals surface area (Å²) in [5.74, 6) is 2.38. The highest BCUT2D eigenvalue weighted by Gasteiger charge is 2.11. The summed E-state index contributed by atoms with van der Waals surface area (Å²) >= 11 is 0. The molecule has 1 heterocycles. The van der Waals surface area contributed by atoms with Crippen molar-refractivity contribution >= 4 is 0 Å². The van der Waals surface area contributed by atoms with Crippen LogP contribution in [0.5, 0.6) is 5.75 Å². The fraction of sp³-hybridized carbons (Fsp3) is 0.292. The quantitative estimate of drug-likeness (QED) is 0.451. The molecule has 0 spiro atoms. The van der Waals surface area contributed by atoms with Gasteiger partial charge in [0.2, 0.25) is 5.89 Å². The minimum atomic E-state index is 0.560. The maximum atomic E-state index is 5.93. The largest absolute Gasteiger partial charge is 0.502 e. The van der Waals surface area contributed by atoms with Gasteiger partial charge in [-0.3, -0.25) is 0 Å². The van der Waals surface area contributed by atoms with Crippen LogP contribution in [0.3, 0.4) is 0 Å². The van der Waals surface area contributed by atoms with Crippen LogP contribution in [0.25, 0.3) is 11.5 Å². The van der Waals surface area contributed by atoms with Crippen LogP contribution < -0.4 is 4.74 Å². The summed E-state index contributed by atoms with van der Waals surface area (Å²) in [5, 5.41) is 0. The van der Waals surface area contributed by atoms with Crippen molar-refractivity contribution in [1.82, 2.24) is 4.98 Å². The predicted molar refractivity (Wildman–Crippen MR) is 112 cm³/mol. The van der Waals surface area contributed by atoms with Gasteiger partial charge in [-0.1, -0.05) is 24.3 Å². The molecule has 28 heavy (non-hydrogen) atoms. The molecule has 4 nitrogen and oxygen atoms in total. The van der Waals surface area contributed by atoms with Crippen LogP contribution in [0.2, 0.25) is 0 Å². The molecular formula is C24H27NO3. The monoisotopic (exact) mass is 377 g/mol. The first-order valence-corrected chi connectivity index (χ1v) is 9.68. The van der Waals surface area contributed by atoms with Gasteiger partial charge in [-0.25, -0.2) is 4.98 Å².